The Morgan fingerprint density at radius 1 is 1.56 bits per heavy atom. The topological polar surface area (TPSA) is 34.1 Å². The van der Waals surface area contributed by atoms with Crippen molar-refractivity contribution in [3.8, 4) is 5.88 Å². The zero-order valence-electron chi connectivity index (χ0n) is 9.45. The minimum absolute atomic E-state index is 0.374. The van der Waals surface area contributed by atoms with Crippen LogP contribution in [0.15, 0.2) is 18.3 Å². The summed E-state index contributed by atoms with van der Waals surface area (Å²) in [5.74, 6) is 1.34. The lowest BCUT2D eigenvalue weighted by Crippen LogP contribution is -2.11. The summed E-state index contributed by atoms with van der Waals surface area (Å²) in [6.07, 6.45) is 5.24. The highest BCUT2D eigenvalue weighted by Crippen LogP contribution is 2.29. The van der Waals surface area contributed by atoms with Crippen LogP contribution in [-0.4, -0.2) is 24.0 Å². The lowest BCUT2D eigenvalue weighted by atomic mass is 10.1. The molecule has 0 aromatic carbocycles. The lowest BCUT2D eigenvalue weighted by molar-refractivity contribution is 0.398. The standard InChI is InChI=1S/C12H17ClN2O/c1-16-12-7-11(4-5-14-12)15-8-9-2-3-10(13)6-9/h4-5,7,9-10H,2-3,6,8H2,1H3,(H,14,15). The maximum atomic E-state index is 6.08. The molecule has 0 amide bonds. The molecule has 1 aromatic rings. The Morgan fingerprint density at radius 2 is 2.44 bits per heavy atom. The van der Waals surface area contributed by atoms with Crippen LogP contribution in [0.5, 0.6) is 5.88 Å². The van der Waals surface area contributed by atoms with Crippen molar-refractivity contribution in [3.63, 3.8) is 0 Å². The number of nitrogens with zero attached hydrogens (tertiary/aromatic N) is 1. The van der Waals surface area contributed by atoms with E-state index >= 15 is 0 Å². The van der Waals surface area contributed by atoms with E-state index < -0.39 is 0 Å². The van der Waals surface area contributed by atoms with Gasteiger partial charge in [0.2, 0.25) is 5.88 Å². The quantitative estimate of drug-likeness (QED) is 0.822. The molecule has 4 heteroatoms. The number of anilines is 1. The SMILES string of the molecule is COc1cc(NCC2CCC(Cl)C2)ccn1. The summed E-state index contributed by atoms with van der Waals surface area (Å²) in [7, 11) is 1.63. The van der Waals surface area contributed by atoms with Gasteiger partial charge in [0.15, 0.2) is 0 Å². The average Bonchev–Trinajstić information content (AvgIpc) is 2.73. The van der Waals surface area contributed by atoms with E-state index in [9.17, 15) is 0 Å². The van der Waals surface area contributed by atoms with Gasteiger partial charge >= 0.3 is 0 Å². The van der Waals surface area contributed by atoms with E-state index in [1.54, 1.807) is 13.3 Å². The number of methoxy groups -OCH3 is 1. The first-order valence-electron chi connectivity index (χ1n) is 5.66. The van der Waals surface area contributed by atoms with Crippen LogP contribution in [-0.2, 0) is 0 Å². The van der Waals surface area contributed by atoms with Gasteiger partial charge in [-0.1, -0.05) is 0 Å². The fourth-order valence-corrected chi connectivity index (χ4v) is 2.47. The molecule has 0 radical (unpaired) electrons. The van der Waals surface area contributed by atoms with Crippen LogP contribution < -0.4 is 10.1 Å². The summed E-state index contributed by atoms with van der Waals surface area (Å²) in [5.41, 5.74) is 1.06. The van der Waals surface area contributed by atoms with Gasteiger partial charge in [-0.15, -0.1) is 11.6 Å². The zero-order valence-corrected chi connectivity index (χ0v) is 10.2. The van der Waals surface area contributed by atoms with E-state index in [1.807, 2.05) is 12.1 Å². The number of nitrogens with one attached hydrogen (secondary N) is 1. The van der Waals surface area contributed by atoms with Gasteiger partial charge in [0.25, 0.3) is 0 Å². The predicted octanol–water partition coefficient (Wildman–Crippen LogP) is 2.91. The van der Waals surface area contributed by atoms with Crippen molar-refractivity contribution < 1.29 is 4.74 Å². The first-order valence-corrected chi connectivity index (χ1v) is 6.09. The molecule has 2 rings (SSSR count). The normalized spacial score (nSPS) is 24.4. The van der Waals surface area contributed by atoms with Crippen LogP contribution in [0.3, 0.4) is 0 Å². The Labute approximate surface area is 101 Å². The summed E-state index contributed by atoms with van der Waals surface area (Å²) < 4.78 is 5.07. The van der Waals surface area contributed by atoms with E-state index in [4.69, 9.17) is 16.3 Å². The van der Waals surface area contributed by atoms with Gasteiger partial charge in [-0.05, 0) is 31.2 Å². The average molecular weight is 241 g/mol. The summed E-state index contributed by atoms with van der Waals surface area (Å²) in [5, 5.41) is 3.78. The number of rotatable bonds is 4. The third-order valence-corrected chi connectivity index (χ3v) is 3.41. The fourth-order valence-electron chi connectivity index (χ4n) is 2.09. The van der Waals surface area contributed by atoms with Crippen molar-refractivity contribution in [3.05, 3.63) is 18.3 Å². The molecule has 2 atom stereocenters. The zero-order chi connectivity index (χ0) is 11.4. The van der Waals surface area contributed by atoms with Gasteiger partial charge in [0.05, 0.1) is 7.11 Å². The van der Waals surface area contributed by atoms with Gasteiger partial charge in [0.1, 0.15) is 0 Å². The van der Waals surface area contributed by atoms with Crippen molar-refractivity contribution in [2.75, 3.05) is 19.0 Å². The number of aromatic nitrogens is 1. The largest absolute Gasteiger partial charge is 0.481 e. The highest BCUT2D eigenvalue weighted by atomic mass is 35.5. The molecule has 1 N–H and O–H groups in total. The smallest absolute Gasteiger partial charge is 0.214 e. The summed E-state index contributed by atoms with van der Waals surface area (Å²) in [4.78, 5) is 4.07. The van der Waals surface area contributed by atoms with Crippen LogP contribution in [0.2, 0.25) is 0 Å². The molecule has 1 fully saturated rings. The Morgan fingerprint density at radius 3 is 3.12 bits per heavy atom. The molecule has 1 aliphatic rings. The Kier molecular flexibility index (Phi) is 3.88. The Hall–Kier alpha value is -0.960. The first kappa shape index (κ1) is 11.5. The van der Waals surface area contributed by atoms with Crippen molar-refractivity contribution in [2.24, 2.45) is 5.92 Å². The molecule has 3 nitrogen and oxygen atoms in total. The van der Waals surface area contributed by atoms with Gasteiger partial charge in [0, 0.05) is 29.9 Å². The van der Waals surface area contributed by atoms with Crippen LogP contribution in [0.4, 0.5) is 5.69 Å². The van der Waals surface area contributed by atoms with E-state index in [-0.39, 0.29) is 0 Å². The maximum Gasteiger partial charge on any atom is 0.214 e. The number of halogens is 1. The number of ether oxygens (including phenoxy) is 1. The molecule has 1 heterocycles. The van der Waals surface area contributed by atoms with Gasteiger partial charge in [-0.2, -0.15) is 0 Å². The predicted molar refractivity (Wildman–Crippen MR) is 66.3 cm³/mol. The number of alkyl halides is 1. The monoisotopic (exact) mass is 240 g/mol. The Bertz CT molecular complexity index is 346. The minimum atomic E-state index is 0.374. The third-order valence-electron chi connectivity index (χ3n) is 3.02. The number of pyridine rings is 1. The fraction of sp³-hybridized carbons (Fsp3) is 0.583. The molecule has 0 saturated heterocycles. The van der Waals surface area contributed by atoms with E-state index in [0.29, 0.717) is 17.2 Å². The van der Waals surface area contributed by atoms with Gasteiger partial charge < -0.3 is 10.1 Å². The van der Waals surface area contributed by atoms with Crippen molar-refractivity contribution >= 4 is 17.3 Å². The van der Waals surface area contributed by atoms with E-state index in [1.165, 1.54) is 6.42 Å². The maximum absolute atomic E-state index is 6.08. The second-order valence-electron chi connectivity index (χ2n) is 4.24. The van der Waals surface area contributed by atoms with E-state index in [0.717, 1.165) is 25.1 Å². The molecule has 1 aliphatic carbocycles. The summed E-state index contributed by atoms with van der Waals surface area (Å²) in [6, 6.07) is 3.86. The second kappa shape index (κ2) is 5.39. The Balaban J connectivity index is 1.84. The van der Waals surface area contributed by atoms with Gasteiger partial charge in [-0.3, -0.25) is 0 Å². The molecule has 16 heavy (non-hydrogen) atoms. The first-order chi connectivity index (χ1) is 7.78. The molecule has 88 valence electrons. The van der Waals surface area contributed by atoms with E-state index in [2.05, 4.69) is 10.3 Å². The highest BCUT2D eigenvalue weighted by molar-refractivity contribution is 6.20. The number of hydrogen-bond donors (Lipinski definition) is 1. The molecule has 2 unspecified atom stereocenters. The molecule has 0 spiro atoms. The van der Waals surface area contributed by atoms with Crippen molar-refractivity contribution in [1.29, 1.82) is 0 Å². The van der Waals surface area contributed by atoms with Crippen LogP contribution >= 0.6 is 11.6 Å². The molecule has 0 bridgehead atoms. The van der Waals surface area contributed by atoms with Crippen molar-refractivity contribution in [2.45, 2.75) is 24.6 Å². The number of hydrogen-bond acceptors (Lipinski definition) is 3. The summed E-state index contributed by atoms with van der Waals surface area (Å²) >= 11 is 6.08. The lowest BCUT2D eigenvalue weighted by Gasteiger charge is -2.12. The molecule has 1 saturated carbocycles. The van der Waals surface area contributed by atoms with Crippen molar-refractivity contribution in [1.82, 2.24) is 4.98 Å². The summed E-state index contributed by atoms with van der Waals surface area (Å²) in [6.45, 7) is 0.983. The molecular weight excluding hydrogens is 224 g/mol. The minimum Gasteiger partial charge on any atom is -0.481 e. The highest BCUT2D eigenvalue weighted by Gasteiger charge is 2.22. The second-order valence-corrected chi connectivity index (χ2v) is 4.86. The van der Waals surface area contributed by atoms with Crippen LogP contribution in [0.1, 0.15) is 19.3 Å². The third kappa shape index (κ3) is 3.01. The van der Waals surface area contributed by atoms with Crippen LogP contribution in [0, 0.1) is 5.92 Å². The molecule has 0 aliphatic heterocycles. The molecule has 1 aromatic heterocycles. The van der Waals surface area contributed by atoms with Crippen LogP contribution in [0.25, 0.3) is 0 Å². The molecular formula is C12H17ClN2O. The van der Waals surface area contributed by atoms with Gasteiger partial charge in [-0.25, -0.2) is 4.98 Å².